The van der Waals surface area contributed by atoms with Crippen LogP contribution in [0.2, 0.25) is 0 Å². The van der Waals surface area contributed by atoms with Crippen molar-refractivity contribution in [2.45, 2.75) is 13.0 Å². The summed E-state index contributed by atoms with van der Waals surface area (Å²) in [6.07, 6.45) is 0. The number of halogens is 1. The van der Waals surface area contributed by atoms with E-state index in [1.54, 1.807) is 43.3 Å². The van der Waals surface area contributed by atoms with E-state index in [2.05, 4.69) is 5.32 Å². The Labute approximate surface area is 116 Å². The quantitative estimate of drug-likeness (QED) is 0.901. The van der Waals surface area contributed by atoms with Gasteiger partial charge in [-0.05, 0) is 55.5 Å². The molecule has 0 aliphatic carbocycles. The van der Waals surface area contributed by atoms with Gasteiger partial charge in [-0.2, -0.15) is 0 Å². The van der Waals surface area contributed by atoms with E-state index in [-0.39, 0.29) is 11.7 Å². The van der Waals surface area contributed by atoms with Gasteiger partial charge in [0.15, 0.2) is 0 Å². The standard InChI is InChI=1S/C15H15FN2O2/c1-10(17)15(19)18-12-4-8-14(9-5-12)20-13-6-2-11(16)3-7-13/h2-10H,17H2,1H3,(H,18,19). The van der Waals surface area contributed by atoms with Crippen molar-refractivity contribution in [1.82, 2.24) is 0 Å². The molecular weight excluding hydrogens is 259 g/mol. The van der Waals surface area contributed by atoms with Crippen LogP contribution in [0.4, 0.5) is 10.1 Å². The number of amides is 1. The number of carbonyl (C=O) groups excluding carboxylic acids is 1. The number of nitrogens with two attached hydrogens (primary N) is 1. The molecule has 0 aromatic heterocycles. The molecule has 4 nitrogen and oxygen atoms in total. The van der Waals surface area contributed by atoms with E-state index in [0.29, 0.717) is 17.2 Å². The molecule has 5 heteroatoms. The fourth-order valence-corrected chi connectivity index (χ4v) is 1.50. The van der Waals surface area contributed by atoms with Crippen LogP contribution in [0, 0.1) is 5.82 Å². The van der Waals surface area contributed by atoms with Crippen LogP contribution in [-0.2, 0) is 4.79 Å². The van der Waals surface area contributed by atoms with Crippen molar-refractivity contribution in [1.29, 1.82) is 0 Å². The van der Waals surface area contributed by atoms with Gasteiger partial charge < -0.3 is 15.8 Å². The molecule has 0 saturated heterocycles. The van der Waals surface area contributed by atoms with Gasteiger partial charge in [-0.3, -0.25) is 4.79 Å². The minimum absolute atomic E-state index is 0.253. The third-order valence-electron chi connectivity index (χ3n) is 2.58. The molecule has 20 heavy (non-hydrogen) atoms. The van der Waals surface area contributed by atoms with E-state index in [1.165, 1.54) is 12.1 Å². The van der Waals surface area contributed by atoms with Crippen molar-refractivity contribution < 1.29 is 13.9 Å². The van der Waals surface area contributed by atoms with Gasteiger partial charge >= 0.3 is 0 Å². The van der Waals surface area contributed by atoms with Gasteiger partial charge in [-0.15, -0.1) is 0 Å². The maximum absolute atomic E-state index is 12.8. The highest BCUT2D eigenvalue weighted by Gasteiger charge is 2.07. The minimum atomic E-state index is -0.565. The monoisotopic (exact) mass is 274 g/mol. The Morgan fingerprint density at radius 2 is 1.60 bits per heavy atom. The molecule has 1 amide bonds. The largest absolute Gasteiger partial charge is 0.457 e. The number of benzene rings is 2. The first kappa shape index (κ1) is 14.0. The summed E-state index contributed by atoms with van der Waals surface area (Å²) in [5.41, 5.74) is 6.10. The second kappa shape index (κ2) is 6.16. The molecule has 0 saturated carbocycles. The molecule has 0 aliphatic rings. The van der Waals surface area contributed by atoms with Crippen LogP contribution in [0.3, 0.4) is 0 Å². The average molecular weight is 274 g/mol. The lowest BCUT2D eigenvalue weighted by molar-refractivity contribution is -0.117. The van der Waals surface area contributed by atoms with Crippen molar-refractivity contribution in [2.75, 3.05) is 5.32 Å². The predicted octanol–water partition coefficient (Wildman–Crippen LogP) is 2.90. The third-order valence-corrected chi connectivity index (χ3v) is 2.58. The summed E-state index contributed by atoms with van der Waals surface area (Å²) in [6, 6.07) is 12.0. The molecule has 0 fully saturated rings. The summed E-state index contributed by atoms with van der Waals surface area (Å²) in [4.78, 5) is 11.4. The fourth-order valence-electron chi connectivity index (χ4n) is 1.50. The van der Waals surface area contributed by atoms with Crippen molar-refractivity contribution in [3.63, 3.8) is 0 Å². The number of nitrogens with one attached hydrogen (secondary N) is 1. The van der Waals surface area contributed by atoms with Crippen LogP contribution in [0.15, 0.2) is 48.5 Å². The van der Waals surface area contributed by atoms with Crippen LogP contribution in [0.25, 0.3) is 0 Å². The molecule has 2 aromatic rings. The summed E-state index contributed by atoms with van der Waals surface area (Å²) in [5, 5.41) is 2.67. The topological polar surface area (TPSA) is 64.4 Å². The Hall–Kier alpha value is -2.40. The summed E-state index contributed by atoms with van der Waals surface area (Å²) in [5.74, 6) is 0.567. The smallest absolute Gasteiger partial charge is 0.240 e. The number of hydrogen-bond donors (Lipinski definition) is 2. The predicted molar refractivity (Wildman–Crippen MR) is 75.2 cm³/mol. The fraction of sp³-hybridized carbons (Fsp3) is 0.133. The first-order valence-electron chi connectivity index (χ1n) is 6.14. The summed E-state index contributed by atoms with van der Waals surface area (Å²) in [7, 11) is 0. The molecule has 0 radical (unpaired) electrons. The first-order chi connectivity index (χ1) is 9.54. The summed E-state index contributed by atoms with van der Waals surface area (Å²) in [6.45, 7) is 1.61. The average Bonchev–Trinajstić information content (AvgIpc) is 2.43. The maximum atomic E-state index is 12.8. The molecule has 0 spiro atoms. The Morgan fingerprint density at radius 1 is 1.10 bits per heavy atom. The Morgan fingerprint density at radius 3 is 2.10 bits per heavy atom. The SMILES string of the molecule is CC(N)C(=O)Nc1ccc(Oc2ccc(F)cc2)cc1. The van der Waals surface area contributed by atoms with Gasteiger partial charge in [0.2, 0.25) is 5.91 Å². The molecule has 1 atom stereocenters. The second-order valence-electron chi connectivity index (χ2n) is 4.36. The van der Waals surface area contributed by atoms with Gasteiger partial charge in [0, 0.05) is 5.69 Å². The number of hydrogen-bond acceptors (Lipinski definition) is 3. The minimum Gasteiger partial charge on any atom is -0.457 e. The van der Waals surface area contributed by atoms with Crippen LogP contribution < -0.4 is 15.8 Å². The van der Waals surface area contributed by atoms with E-state index < -0.39 is 6.04 Å². The first-order valence-corrected chi connectivity index (χ1v) is 6.14. The number of ether oxygens (including phenoxy) is 1. The zero-order valence-electron chi connectivity index (χ0n) is 11.0. The number of carbonyl (C=O) groups is 1. The maximum Gasteiger partial charge on any atom is 0.240 e. The highest BCUT2D eigenvalue weighted by Crippen LogP contribution is 2.23. The van der Waals surface area contributed by atoms with Crippen LogP contribution in [0.5, 0.6) is 11.5 Å². The lowest BCUT2D eigenvalue weighted by atomic mass is 10.2. The summed E-state index contributed by atoms with van der Waals surface area (Å²) < 4.78 is 18.3. The number of rotatable bonds is 4. The second-order valence-corrected chi connectivity index (χ2v) is 4.36. The molecule has 2 rings (SSSR count). The van der Waals surface area contributed by atoms with E-state index in [4.69, 9.17) is 10.5 Å². The van der Waals surface area contributed by atoms with Gasteiger partial charge in [0.1, 0.15) is 17.3 Å². The molecule has 104 valence electrons. The summed E-state index contributed by atoms with van der Waals surface area (Å²) >= 11 is 0. The van der Waals surface area contributed by atoms with Crippen molar-refractivity contribution in [3.05, 3.63) is 54.3 Å². The molecule has 3 N–H and O–H groups in total. The third kappa shape index (κ3) is 3.80. The zero-order chi connectivity index (χ0) is 14.5. The van der Waals surface area contributed by atoms with E-state index >= 15 is 0 Å². The molecular formula is C15H15FN2O2. The van der Waals surface area contributed by atoms with Gasteiger partial charge in [-0.25, -0.2) is 4.39 Å². The Bertz CT molecular complexity index is 580. The highest BCUT2D eigenvalue weighted by molar-refractivity contribution is 5.94. The lowest BCUT2D eigenvalue weighted by Crippen LogP contribution is -2.32. The lowest BCUT2D eigenvalue weighted by Gasteiger charge is -2.09. The highest BCUT2D eigenvalue weighted by atomic mass is 19.1. The molecule has 1 unspecified atom stereocenters. The molecule has 0 heterocycles. The van der Waals surface area contributed by atoms with Gasteiger partial charge in [0.25, 0.3) is 0 Å². The van der Waals surface area contributed by atoms with Crippen LogP contribution in [-0.4, -0.2) is 11.9 Å². The van der Waals surface area contributed by atoms with Crippen LogP contribution >= 0.6 is 0 Å². The van der Waals surface area contributed by atoms with Gasteiger partial charge in [0.05, 0.1) is 6.04 Å². The number of anilines is 1. The Kier molecular flexibility index (Phi) is 4.32. The van der Waals surface area contributed by atoms with E-state index in [0.717, 1.165) is 0 Å². The van der Waals surface area contributed by atoms with E-state index in [1.807, 2.05) is 0 Å². The van der Waals surface area contributed by atoms with Crippen molar-refractivity contribution in [3.8, 4) is 11.5 Å². The molecule has 0 bridgehead atoms. The normalized spacial score (nSPS) is 11.8. The van der Waals surface area contributed by atoms with Gasteiger partial charge in [-0.1, -0.05) is 0 Å². The zero-order valence-corrected chi connectivity index (χ0v) is 11.0. The van der Waals surface area contributed by atoms with E-state index in [9.17, 15) is 9.18 Å². The van der Waals surface area contributed by atoms with Crippen molar-refractivity contribution in [2.24, 2.45) is 5.73 Å². The molecule has 0 aliphatic heterocycles. The molecule has 2 aromatic carbocycles. The Balaban J connectivity index is 2.01. The van der Waals surface area contributed by atoms with Crippen molar-refractivity contribution >= 4 is 11.6 Å². The van der Waals surface area contributed by atoms with Crippen LogP contribution in [0.1, 0.15) is 6.92 Å².